The molecule has 9 heteroatoms. The molecule has 9 nitrogen and oxygen atoms in total. The van der Waals surface area contributed by atoms with E-state index in [0.29, 0.717) is 28.0 Å². The number of fused-ring (bicyclic) bond motifs is 1. The molecule has 5 N–H and O–H groups in total. The Balaban J connectivity index is 1.62. The van der Waals surface area contributed by atoms with Crippen LogP contribution >= 0.6 is 0 Å². The lowest BCUT2D eigenvalue weighted by atomic mass is 9.97. The Hall–Kier alpha value is -2.69. The van der Waals surface area contributed by atoms with Crippen molar-refractivity contribution in [2.75, 3.05) is 11.9 Å². The van der Waals surface area contributed by atoms with Crippen LogP contribution in [0.15, 0.2) is 56.3 Å². The second kappa shape index (κ2) is 7.38. The van der Waals surface area contributed by atoms with Crippen LogP contribution in [0, 0.1) is 0 Å². The fourth-order valence-corrected chi connectivity index (χ4v) is 3.25. The van der Waals surface area contributed by atoms with Gasteiger partial charge in [0.15, 0.2) is 6.29 Å². The molecular weight excluding hydrogens is 370 g/mol. The molecule has 2 aromatic heterocycles. The number of benzene rings is 1. The van der Waals surface area contributed by atoms with E-state index in [-0.39, 0.29) is 0 Å². The topological polar surface area (TPSA) is 146 Å². The number of aliphatic hydroxyl groups excluding tert-OH is 4. The second-order valence-electron chi connectivity index (χ2n) is 6.58. The van der Waals surface area contributed by atoms with Crippen molar-refractivity contribution >= 4 is 16.7 Å². The van der Waals surface area contributed by atoms with E-state index in [4.69, 9.17) is 18.7 Å². The zero-order valence-corrected chi connectivity index (χ0v) is 14.6. The van der Waals surface area contributed by atoms with Gasteiger partial charge in [-0.2, -0.15) is 0 Å². The maximum Gasteiger partial charge on any atom is 0.347 e. The molecule has 1 aromatic carbocycles. The summed E-state index contributed by atoms with van der Waals surface area (Å²) in [5, 5.41) is 42.9. The maximum absolute atomic E-state index is 12.2. The normalized spacial score (nSPS) is 27.8. The van der Waals surface area contributed by atoms with E-state index in [0.717, 1.165) is 0 Å². The molecule has 0 saturated carbocycles. The van der Waals surface area contributed by atoms with Crippen molar-refractivity contribution in [2.24, 2.45) is 0 Å². The zero-order valence-electron chi connectivity index (χ0n) is 14.6. The summed E-state index contributed by atoms with van der Waals surface area (Å²) in [5.41, 5.74) is 0.451. The van der Waals surface area contributed by atoms with Gasteiger partial charge in [0.2, 0.25) is 0 Å². The lowest BCUT2D eigenvalue weighted by molar-refractivity contribution is -0.245. The van der Waals surface area contributed by atoms with Crippen LogP contribution in [-0.2, 0) is 4.74 Å². The Morgan fingerprint density at radius 1 is 1.07 bits per heavy atom. The highest BCUT2D eigenvalue weighted by molar-refractivity contribution is 5.83. The van der Waals surface area contributed by atoms with Crippen LogP contribution < -0.4 is 10.9 Å². The summed E-state index contributed by atoms with van der Waals surface area (Å²) in [5.74, 6) is 0.399. The fraction of sp³-hybridized carbons (Fsp3) is 0.316. The van der Waals surface area contributed by atoms with Crippen LogP contribution in [0.25, 0.3) is 22.3 Å². The molecule has 3 aromatic rings. The first-order valence-electron chi connectivity index (χ1n) is 8.67. The third-order valence-corrected chi connectivity index (χ3v) is 4.76. The Labute approximate surface area is 158 Å². The minimum atomic E-state index is -1.46. The predicted octanol–water partition coefficient (Wildman–Crippen LogP) is 0.265. The smallest absolute Gasteiger partial charge is 0.347 e. The van der Waals surface area contributed by atoms with E-state index >= 15 is 0 Å². The van der Waals surface area contributed by atoms with Crippen molar-refractivity contribution in [2.45, 2.75) is 30.6 Å². The summed E-state index contributed by atoms with van der Waals surface area (Å²) < 4.78 is 15.7. The number of hydrogen-bond acceptors (Lipinski definition) is 9. The molecule has 1 saturated heterocycles. The predicted molar refractivity (Wildman–Crippen MR) is 97.6 cm³/mol. The van der Waals surface area contributed by atoms with Crippen molar-refractivity contribution in [3.05, 3.63) is 53.1 Å². The van der Waals surface area contributed by atoms with Crippen molar-refractivity contribution < 1.29 is 34.0 Å². The van der Waals surface area contributed by atoms with Gasteiger partial charge in [-0.05, 0) is 30.3 Å². The highest BCUT2D eigenvalue weighted by Crippen LogP contribution is 2.27. The summed E-state index contributed by atoms with van der Waals surface area (Å²) in [6, 6.07) is 8.82. The first kappa shape index (κ1) is 18.7. The molecule has 0 radical (unpaired) electrons. The van der Waals surface area contributed by atoms with Gasteiger partial charge in [-0.1, -0.05) is 0 Å². The highest BCUT2D eigenvalue weighted by atomic mass is 16.6. The van der Waals surface area contributed by atoms with E-state index in [9.17, 15) is 20.1 Å². The van der Waals surface area contributed by atoms with Gasteiger partial charge >= 0.3 is 5.63 Å². The number of hydrogen-bond donors (Lipinski definition) is 5. The van der Waals surface area contributed by atoms with Crippen LogP contribution in [0.5, 0.6) is 0 Å². The summed E-state index contributed by atoms with van der Waals surface area (Å²) in [6.45, 7) is -0.541. The molecule has 1 aliphatic rings. The summed E-state index contributed by atoms with van der Waals surface area (Å²) >= 11 is 0. The van der Waals surface area contributed by atoms with Crippen LogP contribution in [0.3, 0.4) is 0 Å². The third-order valence-electron chi connectivity index (χ3n) is 4.76. The van der Waals surface area contributed by atoms with Crippen LogP contribution in [0.4, 0.5) is 5.69 Å². The molecule has 3 heterocycles. The average molecular weight is 389 g/mol. The van der Waals surface area contributed by atoms with Crippen molar-refractivity contribution in [1.82, 2.24) is 0 Å². The molecule has 0 aliphatic carbocycles. The van der Waals surface area contributed by atoms with E-state index in [1.54, 1.807) is 30.3 Å². The number of rotatable bonds is 4. The monoisotopic (exact) mass is 389 g/mol. The van der Waals surface area contributed by atoms with Crippen molar-refractivity contribution in [1.29, 1.82) is 0 Å². The molecule has 1 fully saturated rings. The molecule has 0 bridgehead atoms. The van der Waals surface area contributed by atoms with Gasteiger partial charge in [-0.15, -0.1) is 0 Å². The van der Waals surface area contributed by atoms with Crippen LogP contribution in [0.1, 0.15) is 0 Å². The SMILES string of the molecule is O=c1oc2cc(NC3C(O)OC(CO)[C@H](O)[C@H]3O)ccc2cc1-c1ccco1. The first-order chi connectivity index (χ1) is 13.5. The molecule has 3 unspecified atom stereocenters. The highest BCUT2D eigenvalue weighted by Gasteiger charge is 2.43. The number of anilines is 1. The molecule has 0 spiro atoms. The molecule has 28 heavy (non-hydrogen) atoms. The minimum absolute atomic E-state index is 0.291. The lowest BCUT2D eigenvalue weighted by Crippen LogP contribution is -2.61. The largest absolute Gasteiger partial charge is 0.464 e. The fourth-order valence-electron chi connectivity index (χ4n) is 3.25. The Morgan fingerprint density at radius 2 is 1.89 bits per heavy atom. The lowest BCUT2D eigenvalue weighted by Gasteiger charge is -2.40. The molecule has 4 rings (SSSR count). The Bertz CT molecular complexity index is 1010. The molecule has 148 valence electrons. The van der Waals surface area contributed by atoms with Crippen molar-refractivity contribution in [3.8, 4) is 11.3 Å². The quantitative estimate of drug-likeness (QED) is 0.397. The van der Waals surface area contributed by atoms with Crippen LogP contribution in [0.2, 0.25) is 0 Å². The average Bonchev–Trinajstić information content (AvgIpc) is 3.22. The van der Waals surface area contributed by atoms with Gasteiger partial charge in [0.25, 0.3) is 0 Å². The van der Waals surface area contributed by atoms with E-state index in [1.807, 2.05) is 0 Å². The number of aliphatic hydroxyl groups is 4. The summed E-state index contributed by atoms with van der Waals surface area (Å²) in [6.07, 6.45) is -3.84. The van der Waals surface area contributed by atoms with Gasteiger partial charge in [0.05, 0.1) is 12.9 Å². The first-order valence-corrected chi connectivity index (χ1v) is 8.67. The third kappa shape index (κ3) is 3.30. The summed E-state index contributed by atoms with van der Waals surface area (Å²) in [4.78, 5) is 12.2. The molecular formula is C19H19NO8. The van der Waals surface area contributed by atoms with Gasteiger partial charge in [0, 0.05) is 17.1 Å². The maximum atomic E-state index is 12.2. The number of furan rings is 1. The van der Waals surface area contributed by atoms with E-state index in [1.165, 1.54) is 12.3 Å². The second-order valence-corrected chi connectivity index (χ2v) is 6.58. The standard InChI is InChI=1S/C19H19NO8/c21-8-14-16(22)17(23)15(19(25)28-14)20-10-4-3-9-6-11(12-2-1-5-26-12)18(24)27-13(9)7-10/h1-7,14-17,19-23,25H,8H2/t14?,15?,16-,17-,19?/m0/s1. The Kier molecular flexibility index (Phi) is 4.92. The van der Waals surface area contributed by atoms with Gasteiger partial charge in [-0.3, -0.25) is 0 Å². The van der Waals surface area contributed by atoms with Gasteiger partial charge in [0.1, 0.15) is 41.3 Å². The molecule has 1 aliphatic heterocycles. The van der Waals surface area contributed by atoms with Crippen molar-refractivity contribution in [3.63, 3.8) is 0 Å². The minimum Gasteiger partial charge on any atom is -0.464 e. The number of ether oxygens (including phenoxy) is 1. The van der Waals surface area contributed by atoms with Gasteiger partial charge in [-0.25, -0.2) is 4.79 Å². The zero-order chi connectivity index (χ0) is 19.8. The molecule has 5 atom stereocenters. The van der Waals surface area contributed by atoms with Crippen LogP contribution in [-0.4, -0.2) is 57.7 Å². The Morgan fingerprint density at radius 3 is 2.61 bits per heavy atom. The molecule has 0 amide bonds. The van der Waals surface area contributed by atoms with E-state index < -0.39 is 42.9 Å². The summed E-state index contributed by atoms with van der Waals surface area (Å²) in [7, 11) is 0. The number of nitrogens with one attached hydrogen (secondary N) is 1. The van der Waals surface area contributed by atoms with Gasteiger partial charge < -0.3 is 39.3 Å². The van der Waals surface area contributed by atoms with E-state index in [2.05, 4.69) is 5.32 Å².